The molecular weight excluding hydrogens is 336 g/mol. The molecule has 0 aromatic heterocycles. The van der Waals surface area contributed by atoms with Crippen molar-refractivity contribution in [3.8, 4) is 0 Å². The molecule has 2 aliphatic rings. The Morgan fingerprint density at radius 2 is 1.92 bits per heavy atom. The maximum atomic E-state index is 13.1. The molecule has 2 fully saturated rings. The fourth-order valence-electron chi connectivity index (χ4n) is 4.39. The first-order chi connectivity index (χ1) is 12.4. The molecule has 0 radical (unpaired) electrons. The van der Waals surface area contributed by atoms with E-state index in [-0.39, 0.29) is 23.8 Å². The van der Waals surface area contributed by atoms with Crippen molar-refractivity contribution in [1.29, 1.82) is 0 Å². The quantitative estimate of drug-likeness (QED) is 0.636. The highest BCUT2D eigenvalue weighted by molar-refractivity contribution is 5.88. The smallest absolute Gasteiger partial charge is 0.326 e. The lowest BCUT2D eigenvalue weighted by molar-refractivity contribution is -0.152. The molecule has 1 aliphatic heterocycles. The van der Waals surface area contributed by atoms with Crippen LogP contribution in [0.2, 0.25) is 0 Å². The lowest BCUT2D eigenvalue weighted by Gasteiger charge is -2.35. The van der Waals surface area contributed by atoms with Crippen molar-refractivity contribution in [2.24, 2.45) is 5.92 Å². The number of hydrogen-bond acceptors (Lipinski definition) is 5. The Hall–Kier alpha value is -1.63. The van der Waals surface area contributed by atoms with E-state index in [9.17, 15) is 19.5 Å². The number of carboxylic acids is 1. The summed E-state index contributed by atoms with van der Waals surface area (Å²) in [6.07, 6.45) is 5.87. The van der Waals surface area contributed by atoms with Gasteiger partial charge in [-0.2, -0.15) is 0 Å². The standard InChI is InChI=1S/C19H32N2O5/c1-4-8-14(19(25)26-5-2)20-12(3)17(22)21-15-10-7-6-9-13(15)11-16(21)18(23)24/h12-16,20H,4-11H2,1-3H3,(H,23,24)/t12?,13?,14-,15?,16?/m0/s1. The Bertz CT molecular complexity index is 524. The zero-order chi connectivity index (χ0) is 19.3. The minimum atomic E-state index is -0.935. The number of likely N-dealkylation sites (tertiary alicyclic amines) is 1. The van der Waals surface area contributed by atoms with Gasteiger partial charge in [-0.05, 0) is 45.4 Å². The summed E-state index contributed by atoms with van der Waals surface area (Å²) >= 11 is 0. The predicted molar refractivity (Wildman–Crippen MR) is 96.6 cm³/mol. The Balaban J connectivity index is 2.10. The van der Waals surface area contributed by atoms with E-state index in [2.05, 4.69) is 5.32 Å². The summed E-state index contributed by atoms with van der Waals surface area (Å²) in [5.74, 6) is -1.24. The molecule has 0 aromatic rings. The molecule has 0 spiro atoms. The number of ether oxygens (including phenoxy) is 1. The number of carbonyl (C=O) groups is 3. The summed E-state index contributed by atoms with van der Waals surface area (Å²) in [6, 6.07) is -1.92. The van der Waals surface area contributed by atoms with E-state index in [4.69, 9.17) is 4.74 Å². The van der Waals surface area contributed by atoms with Crippen LogP contribution in [0.1, 0.15) is 65.7 Å². The number of nitrogens with zero attached hydrogens (tertiary/aromatic N) is 1. The highest BCUT2D eigenvalue weighted by atomic mass is 16.5. The van der Waals surface area contributed by atoms with Gasteiger partial charge in [0, 0.05) is 6.04 Å². The van der Waals surface area contributed by atoms with E-state index >= 15 is 0 Å². The van der Waals surface area contributed by atoms with Gasteiger partial charge in [-0.15, -0.1) is 0 Å². The van der Waals surface area contributed by atoms with E-state index in [0.29, 0.717) is 19.4 Å². The first-order valence-electron chi connectivity index (χ1n) is 9.88. The predicted octanol–water partition coefficient (Wildman–Crippen LogP) is 1.94. The molecule has 1 heterocycles. The largest absolute Gasteiger partial charge is 0.480 e. The number of rotatable bonds is 8. The van der Waals surface area contributed by atoms with Crippen LogP contribution in [0.3, 0.4) is 0 Å². The lowest BCUT2D eigenvalue weighted by Crippen LogP contribution is -2.55. The molecule has 26 heavy (non-hydrogen) atoms. The van der Waals surface area contributed by atoms with Gasteiger partial charge in [-0.25, -0.2) is 4.79 Å². The van der Waals surface area contributed by atoms with E-state index < -0.39 is 24.1 Å². The Morgan fingerprint density at radius 3 is 2.54 bits per heavy atom. The van der Waals surface area contributed by atoms with Gasteiger partial charge in [0.25, 0.3) is 0 Å². The van der Waals surface area contributed by atoms with Gasteiger partial charge < -0.3 is 14.7 Å². The molecule has 1 saturated heterocycles. The fourth-order valence-corrected chi connectivity index (χ4v) is 4.39. The zero-order valence-electron chi connectivity index (χ0n) is 16.1. The van der Waals surface area contributed by atoms with Crippen molar-refractivity contribution in [3.63, 3.8) is 0 Å². The van der Waals surface area contributed by atoms with E-state index in [0.717, 1.165) is 32.1 Å². The number of esters is 1. The first kappa shape index (κ1) is 20.7. The number of carboxylic acid groups (broad SMARTS) is 1. The maximum absolute atomic E-state index is 13.1. The molecular formula is C19H32N2O5. The Kier molecular flexibility index (Phi) is 7.43. The minimum absolute atomic E-state index is 0.00817. The fraction of sp³-hybridized carbons (Fsp3) is 0.842. The highest BCUT2D eigenvalue weighted by Gasteiger charge is 2.48. The van der Waals surface area contributed by atoms with E-state index in [1.54, 1.807) is 18.7 Å². The van der Waals surface area contributed by atoms with Crippen LogP contribution in [0.5, 0.6) is 0 Å². The van der Waals surface area contributed by atoms with Gasteiger partial charge >= 0.3 is 11.9 Å². The molecule has 2 N–H and O–H groups in total. The molecule has 4 unspecified atom stereocenters. The van der Waals surface area contributed by atoms with Gasteiger partial charge in [0.05, 0.1) is 12.6 Å². The van der Waals surface area contributed by atoms with Gasteiger partial charge in [0.1, 0.15) is 12.1 Å². The average Bonchev–Trinajstić information content (AvgIpc) is 3.00. The molecule has 148 valence electrons. The minimum Gasteiger partial charge on any atom is -0.480 e. The topological polar surface area (TPSA) is 95.9 Å². The van der Waals surface area contributed by atoms with Crippen molar-refractivity contribution in [3.05, 3.63) is 0 Å². The SMILES string of the molecule is CCC[C@H](NC(C)C(=O)N1C(C(=O)O)CC2CCCCC21)C(=O)OCC. The summed E-state index contributed by atoms with van der Waals surface area (Å²) in [7, 11) is 0. The van der Waals surface area contributed by atoms with Crippen molar-refractivity contribution >= 4 is 17.8 Å². The first-order valence-corrected chi connectivity index (χ1v) is 9.88. The molecule has 5 atom stereocenters. The maximum Gasteiger partial charge on any atom is 0.326 e. The molecule has 1 amide bonds. The van der Waals surface area contributed by atoms with Gasteiger partial charge in [0.15, 0.2) is 0 Å². The van der Waals surface area contributed by atoms with Crippen LogP contribution in [0.25, 0.3) is 0 Å². The Morgan fingerprint density at radius 1 is 1.23 bits per heavy atom. The van der Waals surface area contributed by atoms with Gasteiger partial charge in [-0.1, -0.05) is 26.2 Å². The molecule has 7 heteroatoms. The number of hydrogen-bond donors (Lipinski definition) is 2. The van der Waals surface area contributed by atoms with Crippen LogP contribution >= 0.6 is 0 Å². The summed E-state index contributed by atoms with van der Waals surface area (Å²) in [5.41, 5.74) is 0. The number of fused-ring (bicyclic) bond motifs is 1. The zero-order valence-corrected chi connectivity index (χ0v) is 16.1. The van der Waals surface area contributed by atoms with Crippen LogP contribution in [0, 0.1) is 5.92 Å². The normalized spacial score (nSPS) is 27.5. The molecule has 1 aliphatic carbocycles. The summed E-state index contributed by atoms with van der Waals surface area (Å²) in [6.45, 7) is 5.72. The third-order valence-electron chi connectivity index (χ3n) is 5.60. The van der Waals surface area contributed by atoms with Crippen LogP contribution in [-0.4, -0.2) is 58.6 Å². The van der Waals surface area contributed by atoms with Crippen LogP contribution in [0.4, 0.5) is 0 Å². The van der Waals surface area contributed by atoms with Gasteiger partial charge in [-0.3, -0.25) is 14.9 Å². The molecule has 0 bridgehead atoms. The van der Waals surface area contributed by atoms with Crippen molar-refractivity contribution < 1.29 is 24.2 Å². The summed E-state index contributed by atoms with van der Waals surface area (Å²) in [5, 5.41) is 12.7. The highest BCUT2D eigenvalue weighted by Crippen LogP contribution is 2.40. The summed E-state index contributed by atoms with van der Waals surface area (Å²) in [4.78, 5) is 38.5. The second-order valence-corrected chi connectivity index (χ2v) is 7.43. The van der Waals surface area contributed by atoms with Crippen LogP contribution in [-0.2, 0) is 19.1 Å². The second kappa shape index (κ2) is 9.35. The molecule has 7 nitrogen and oxygen atoms in total. The Labute approximate surface area is 155 Å². The molecule has 1 saturated carbocycles. The molecule has 2 rings (SSSR count). The van der Waals surface area contributed by atoms with Crippen molar-refractivity contribution in [2.45, 2.75) is 89.9 Å². The second-order valence-electron chi connectivity index (χ2n) is 7.43. The van der Waals surface area contributed by atoms with E-state index in [1.807, 2.05) is 6.92 Å². The average molecular weight is 368 g/mol. The summed E-state index contributed by atoms with van der Waals surface area (Å²) < 4.78 is 5.09. The number of aliphatic carboxylic acids is 1. The van der Waals surface area contributed by atoms with E-state index in [1.165, 1.54) is 0 Å². The van der Waals surface area contributed by atoms with Gasteiger partial charge in [0.2, 0.25) is 5.91 Å². The number of amides is 1. The number of nitrogens with one attached hydrogen (secondary N) is 1. The number of carbonyl (C=O) groups excluding carboxylic acids is 2. The van der Waals surface area contributed by atoms with Crippen molar-refractivity contribution in [2.75, 3.05) is 6.61 Å². The lowest BCUT2D eigenvalue weighted by atomic mass is 9.84. The molecule has 0 aromatic carbocycles. The third-order valence-corrected chi connectivity index (χ3v) is 5.60. The van der Waals surface area contributed by atoms with Crippen LogP contribution < -0.4 is 5.32 Å². The third kappa shape index (κ3) is 4.55. The van der Waals surface area contributed by atoms with Crippen molar-refractivity contribution in [1.82, 2.24) is 10.2 Å². The monoisotopic (exact) mass is 368 g/mol. The van der Waals surface area contributed by atoms with Crippen LogP contribution in [0.15, 0.2) is 0 Å².